The summed E-state index contributed by atoms with van der Waals surface area (Å²) in [6, 6.07) is 9.53. The second-order valence-electron chi connectivity index (χ2n) is 4.17. The third kappa shape index (κ3) is 2.74. The molecule has 0 aliphatic heterocycles. The summed E-state index contributed by atoms with van der Waals surface area (Å²) < 4.78 is 0. The van der Waals surface area contributed by atoms with Crippen molar-refractivity contribution >= 4 is 5.95 Å². The fourth-order valence-corrected chi connectivity index (χ4v) is 1.52. The molecule has 1 aromatic carbocycles. The number of nitrogens with zero attached hydrogens (tertiary/aromatic N) is 2. The lowest BCUT2D eigenvalue weighted by molar-refractivity contribution is 0.744. The minimum Gasteiger partial charge on any atom is -0.352 e. The number of aromatic nitrogens is 3. The molecule has 5 nitrogen and oxygen atoms in total. The first kappa shape index (κ1) is 12.3. The minimum atomic E-state index is -0.234. The molecule has 0 radical (unpaired) electrons. The lowest BCUT2D eigenvalue weighted by Crippen LogP contribution is -2.21. The molecule has 0 fully saturated rings. The van der Waals surface area contributed by atoms with Gasteiger partial charge in [-0.05, 0) is 13.3 Å². The highest BCUT2D eigenvalue weighted by Gasteiger charge is 2.07. The van der Waals surface area contributed by atoms with Gasteiger partial charge in [-0.15, -0.1) is 10.2 Å². The van der Waals surface area contributed by atoms with Crippen molar-refractivity contribution in [2.24, 2.45) is 0 Å². The van der Waals surface area contributed by atoms with Crippen LogP contribution in [0.1, 0.15) is 20.3 Å². The molecular weight excluding hydrogens is 228 g/mol. The van der Waals surface area contributed by atoms with Crippen molar-refractivity contribution in [2.45, 2.75) is 26.3 Å². The summed E-state index contributed by atoms with van der Waals surface area (Å²) >= 11 is 0. The molecular formula is C13H16N4O. The average Bonchev–Trinajstić information content (AvgIpc) is 2.40. The highest BCUT2D eigenvalue weighted by atomic mass is 16.1. The molecule has 0 aliphatic rings. The van der Waals surface area contributed by atoms with Crippen LogP contribution in [0.2, 0.25) is 0 Å². The summed E-state index contributed by atoms with van der Waals surface area (Å²) in [6.45, 7) is 4.08. The van der Waals surface area contributed by atoms with Crippen molar-refractivity contribution in [1.29, 1.82) is 0 Å². The van der Waals surface area contributed by atoms with Gasteiger partial charge in [-0.1, -0.05) is 37.3 Å². The molecule has 0 saturated carbocycles. The summed E-state index contributed by atoms with van der Waals surface area (Å²) in [5.41, 5.74) is 0.869. The first-order chi connectivity index (χ1) is 8.70. The molecule has 5 heteroatoms. The quantitative estimate of drug-likeness (QED) is 0.863. The van der Waals surface area contributed by atoms with Gasteiger partial charge in [0.05, 0.1) is 0 Å². The predicted molar refractivity (Wildman–Crippen MR) is 71.5 cm³/mol. The number of nitrogens with one attached hydrogen (secondary N) is 2. The Morgan fingerprint density at radius 2 is 2.00 bits per heavy atom. The number of hydrogen-bond acceptors (Lipinski definition) is 4. The van der Waals surface area contributed by atoms with Gasteiger partial charge in [-0.25, -0.2) is 0 Å². The molecule has 94 valence electrons. The number of rotatable bonds is 4. The molecule has 2 aromatic rings. The van der Waals surface area contributed by atoms with Crippen LogP contribution >= 0.6 is 0 Å². The van der Waals surface area contributed by atoms with Gasteiger partial charge in [0, 0.05) is 11.6 Å². The van der Waals surface area contributed by atoms with Crippen molar-refractivity contribution in [1.82, 2.24) is 15.2 Å². The number of hydrogen-bond donors (Lipinski definition) is 2. The van der Waals surface area contributed by atoms with Crippen molar-refractivity contribution in [3.8, 4) is 11.3 Å². The number of aromatic amines is 1. The first-order valence-corrected chi connectivity index (χ1v) is 5.99. The van der Waals surface area contributed by atoms with Gasteiger partial charge >= 0.3 is 0 Å². The second-order valence-corrected chi connectivity index (χ2v) is 4.17. The molecule has 0 amide bonds. The van der Waals surface area contributed by atoms with Crippen LogP contribution in [0, 0.1) is 0 Å². The first-order valence-electron chi connectivity index (χ1n) is 5.99. The van der Waals surface area contributed by atoms with E-state index in [1.54, 1.807) is 0 Å². The molecule has 0 aliphatic carbocycles. The third-order valence-corrected chi connectivity index (χ3v) is 2.74. The Kier molecular flexibility index (Phi) is 3.72. The highest BCUT2D eigenvalue weighted by molar-refractivity contribution is 5.57. The summed E-state index contributed by atoms with van der Waals surface area (Å²) in [5, 5.41) is 11.0. The van der Waals surface area contributed by atoms with Crippen LogP contribution in [0.15, 0.2) is 35.1 Å². The van der Waals surface area contributed by atoms with Gasteiger partial charge in [0.2, 0.25) is 5.95 Å². The van der Waals surface area contributed by atoms with Gasteiger partial charge in [-0.2, -0.15) is 0 Å². The van der Waals surface area contributed by atoms with Gasteiger partial charge in [-0.3, -0.25) is 9.78 Å². The van der Waals surface area contributed by atoms with E-state index < -0.39 is 0 Å². The zero-order chi connectivity index (χ0) is 13.0. The Bertz CT molecular complexity index is 565. The largest absolute Gasteiger partial charge is 0.352 e. The van der Waals surface area contributed by atoms with E-state index in [0.29, 0.717) is 11.6 Å². The van der Waals surface area contributed by atoms with E-state index in [4.69, 9.17) is 0 Å². The van der Waals surface area contributed by atoms with E-state index in [0.717, 1.165) is 12.0 Å². The van der Waals surface area contributed by atoms with Gasteiger partial charge in [0.25, 0.3) is 5.56 Å². The number of anilines is 1. The lowest BCUT2D eigenvalue weighted by atomic mass is 10.2. The van der Waals surface area contributed by atoms with Crippen LogP contribution in [-0.4, -0.2) is 21.2 Å². The summed E-state index contributed by atoms with van der Waals surface area (Å²) in [4.78, 5) is 14.6. The van der Waals surface area contributed by atoms with Crippen molar-refractivity contribution in [2.75, 3.05) is 5.32 Å². The predicted octanol–water partition coefficient (Wildman–Crippen LogP) is 2.04. The fraction of sp³-hybridized carbons (Fsp3) is 0.308. The molecule has 0 saturated heterocycles. The Morgan fingerprint density at radius 3 is 2.61 bits per heavy atom. The van der Waals surface area contributed by atoms with E-state index in [1.807, 2.05) is 37.3 Å². The van der Waals surface area contributed by atoms with Crippen LogP contribution < -0.4 is 10.9 Å². The smallest absolute Gasteiger partial charge is 0.279 e. The Morgan fingerprint density at radius 1 is 1.28 bits per heavy atom. The van der Waals surface area contributed by atoms with Crippen LogP contribution in [0.3, 0.4) is 0 Å². The molecule has 2 rings (SSSR count). The monoisotopic (exact) mass is 244 g/mol. The Labute approximate surface area is 105 Å². The molecule has 0 bridgehead atoms. The normalized spacial score (nSPS) is 12.1. The molecule has 1 atom stereocenters. The standard InChI is InChI=1S/C13H16N4O/c1-3-9(2)14-13-15-12(18)11(16-17-13)10-7-5-4-6-8-10/h4-9H,3H2,1-2H3,(H2,14,15,17,18). The van der Waals surface area contributed by atoms with E-state index in [-0.39, 0.29) is 11.6 Å². The van der Waals surface area contributed by atoms with Gasteiger partial charge in [0.1, 0.15) is 0 Å². The lowest BCUT2D eigenvalue weighted by Gasteiger charge is -2.10. The van der Waals surface area contributed by atoms with E-state index in [1.165, 1.54) is 0 Å². The maximum absolute atomic E-state index is 11.9. The molecule has 2 N–H and O–H groups in total. The molecule has 1 aromatic heterocycles. The fourth-order valence-electron chi connectivity index (χ4n) is 1.52. The topological polar surface area (TPSA) is 70.7 Å². The Balaban J connectivity index is 2.29. The molecule has 18 heavy (non-hydrogen) atoms. The third-order valence-electron chi connectivity index (χ3n) is 2.74. The van der Waals surface area contributed by atoms with Gasteiger partial charge < -0.3 is 5.32 Å². The second kappa shape index (κ2) is 5.44. The summed E-state index contributed by atoms with van der Waals surface area (Å²) in [5.74, 6) is 0.411. The summed E-state index contributed by atoms with van der Waals surface area (Å²) in [7, 11) is 0. The SMILES string of the molecule is CCC(C)Nc1nnc(-c2ccccc2)c(=O)[nH]1. The van der Waals surface area contributed by atoms with Gasteiger partial charge in [0.15, 0.2) is 5.69 Å². The molecule has 0 spiro atoms. The van der Waals surface area contributed by atoms with Crippen molar-refractivity contribution < 1.29 is 0 Å². The van der Waals surface area contributed by atoms with Crippen LogP contribution in [0.5, 0.6) is 0 Å². The average molecular weight is 244 g/mol. The Hall–Kier alpha value is -2.17. The van der Waals surface area contributed by atoms with E-state index >= 15 is 0 Å². The van der Waals surface area contributed by atoms with E-state index in [9.17, 15) is 4.79 Å². The van der Waals surface area contributed by atoms with Crippen molar-refractivity contribution in [3.05, 3.63) is 40.7 Å². The van der Waals surface area contributed by atoms with Crippen LogP contribution in [0.4, 0.5) is 5.95 Å². The number of H-pyrrole nitrogens is 1. The van der Waals surface area contributed by atoms with E-state index in [2.05, 4.69) is 27.4 Å². The maximum Gasteiger partial charge on any atom is 0.279 e. The van der Waals surface area contributed by atoms with Crippen LogP contribution in [0.25, 0.3) is 11.3 Å². The zero-order valence-electron chi connectivity index (χ0n) is 10.5. The molecule has 1 heterocycles. The molecule has 1 unspecified atom stereocenters. The zero-order valence-corrected chi connectivity index (χ0v) is 10.5. The number of benzene rings is 1. The van der Waals surface area contributed by atoms with Crippen LogP contribution in [-0.2, 0) is 0 Å². The van der Waals surface area contributed by atoms with Crippen molar-refractivity contribution in [3.63, 3.8) is 0 Å². The minimum absolute atomic E-state index is 0.234. The summed E-state index contributed by atoms with van der Waals surface area (Å²) in [6.07, 6.45) is 0.949. The highest BCUT2D eigenvalue weighted by Crippen LogP contribution is 2.11. The maximum atomic E-state index is 11.9.